The van der Waals surface area contributed by atoms with Gasteiger partial charge in [0.25, 0.3) is 5.91 Å². The summed E-state index contributed by atoms with van der Waals surface area (Å²) in [7, 11) is 0. The summed E-state index contributed by atoms with van der Waals surface area (Å²) < 4.78 is 1.64. The molecule has 0 radical (unpaired) electrons. The summed E-state index contributed by atoms with van der Waals surface area (Å²) in [4.78, 5) is 18.4. The van der Waals surface area contributed by atoms with Crippen molar-refractivity contribution in [3.63, 3.8) is 0 Å². The summed E-state index contributed by atoms with van der Waals surface area (Å²) in [5, 5.41) is 16.3. The number of nitrogens with zero attached hydrogens (tertiary/aromatic N) is 4. The first-order valence-electron chi connectivity index (χ1n) is 6.19. The lowest BCUT2D eigenvalue weighted by atomic mass is 10.3. The molecule has 3 N–H and O–H groups in total. The lowest BCUT2D eigenvalue weighted by Crippen LogP contribution is -2.14. The first kappa shape index (κ1) is 13.0. The molecule has 0 aliphatic carbocycles. The number of hydrogen-bond donors (Lipinski definition) is 3. The predicted molar refractivity (Wildman–Crippen MR) is 74.2 cm³/mol. The fourth-order valence-corrected chi connectivity index (χ4v) is 1.94. The average molecular weight is 284 g/mol. The Labute approximate surface area is 119 Å². The Kier molecular flexibility index (Phi) is 3.44. The van der Waals surface area contributed by atoms with Crippen LogP contribution in [0.5, 0.6) is 0 Å². The molecule has 21 heavy (non-hydrogen) atoms. The molecule has 0 aromatic carbocycles. The Morgan fingerprint density at radius 3 is 3.24 bits per heavy atom. The fourth-order valence-electron chi connectivity index (χ4n) is 1.94. The molecule has 3 aromatic heterocycles. The van der Waals surface area contributed by atoms with Gasteiger partial charge in [0.2, 0.25) is 0 Å². The van der Waals surface area contributed by atoms with Crippen LogP contribution < -0.4 is 5.48 Å². The van der Waals surface area contributed by atoms with E-state index in [1.807, 2.05) is 18.2 Å². The summed E-state index contributed by atoms with van der Waals surface area (Å²) in [6.07, 6.45) is 6.06. The molecule has 106 valence electrons. The maximum absolute atomic E-state index is 10.9. The standard InChI is InChI=1S/C13H12N6O2/c20-13(17-21)4-3-9-7-19(18-16-9)8-10-6-12-11(15-10)2-1-5-14-12/h1-7,15,21H,8H2,(H,17,20)/b4-3+. The molecule has 0 saturated carbocycles. The van der Waals surface area contributed by atoms with Crippen molar-refractivity contribution in [2.45, 2.75) is 6.54 Å². The van der Waals surface area contributed by atoms with E-state index >= 15 is 0 Å². The van der Waals surface area contributed by atoms with Gasteiger partial charge in [-0.15, -0.1) is 5.10 Å². The Bertz CT molecular complexity index is 771. The molecule has 0 spiro atoms. The van der Waals surface area contributed by atoms with E-state index in [4.69, 9.17) is 5.21 Å². The van der Waals surface area contributed by atoms with Gasteiger partial charge in [-0.2, -0.15) is 0 Å². The molecule has 3 heterocycles. The van der Waals surface area contributed by atoms with Crippen LogP contribution in [0.4, 0.5) is 0 Å². The molecular formula is C13H12N6O2. The first-order chi connectivity index (χ1) is 10.2. The Hall–Kier alpha value is -3.00. The van der Waals surface area contributed by atoms with Gasteiger partial charge in [-0.25, -0.2) is 10.2 Å². The summed E-state index contributed by atoms with van der Waals surface area (Å²) >= 11 is 0. The molecule has 0 fully saturated rings. The van der Waals surface area contributed by atoms with Crippen LogP contribution in [0, 0.1) is 0 Å². The highest BCUT2D eigenvalue weighted by molar-refractivity contribution is 5.90. The van der Waals surface area contributed by atoms with Gasteiger partial charge in [0.1, 0.15) is 5.69 Å². The number of H-pyrrole nitrogens is 1. The van der Waals surface area contributed by atoms with Crippen LogP contribution in [0.3, 0.4) is 0 Å². The van der Waals surface area contributed by atoms with Crippen molar-refractivity contribution in [3.8, 4) is 0 Å². The number of hydrogen-bond acceptors (Lipinski definition) is 5. The molecule has 0 unspecified atom stereocenters. The molecule has 8 heteroatoms. The number of rotatable bonds is 4. The summed E-state index contributed by atoms with van der Waals surface area (Å²) in [6, 6.07) is 5.77. The van der Waals surface area contributed by atoms with Gasteiger partial charge >= 0.3 is 0 Å². The van der Waals surface area contributed by atoms with E-state index in [-0.39, 0.29) is 0 Å². The Morgan fingerprint density at radius 1 is 1.52 bits per heavy atom. The molecule has 0 bridgehead atoms. The maximum atomic E-state index is 10.9. The molecule has 0 atom stereocenters. The fraction of sp³-hybridized carbons (Fsp3) is 0.0769. The number of pyridine rings is 1. The van der Waals surface area contributed by atoms with Crippen molar-refractivity contribution in [3.05, 3.63) is 48.1 Å². The van der Waals surface area contributed by atoms with E-state index < -0.39 is 5.91 Å². The van der Waals surface area contributed by atoms with Gasteiger partial charge in [0.15, 0.2) is 0 Å². The van der Waals surface area contributed by atoms with Crippen molar-refractivity contribution in [1.82, 2.24) is 30.4 Å². The zero-order chi connectivity index (χ0) is 14.7. The highest BCUT2D eigenvalue weighted by Crippen LogP contribution is 2.12. The SMILES string of the molecule is O=C(/C=C/c1cn(Cc2cc3ncccc3[nH]2)nn1)NO. The minimum absolute atomic E-state index is 0.517. The van der Waals surface area contributed by atoms with Gasteiger partial charge in [-0.1, -0.05) is 5.21 Å². The number of aromatic nitrogens is 5. The second kappa shape index (κ2) is 5.55. The van der Waals surface area contributed by atoms with Gasteiger partial charge in [0, 0.05) is 18.0 Å². The minimum atomic E-state index is -0.619. The second-order valence-electron chi connectivity index (χ2n) is 4.38. The number of carbonyl (C=O) groups excluding carboxylic acids is 1. The zero-order valence-corrected chi connectivity index (χ0v) is 10.9. The van der Waals surface area contributed by atoms with E-state index in [9.17, 15) is 4.79 Å². The Morgan fingerprint density at radius 2 is 2.43 bits per heavy atom. The van der Waals surface area contributed by atoms with Crippen molar-refractivity contribution < 1.29 is 10.0 Å². The smallest absolute Gasteiger partial charge is 0.267 e. The van der Waals surface area contributed by atoms with Crippen LogP contribution in [-0.4, -0.2) is 36.1 Å². The Balaban J connectivity index is 1.74. The lowest BCUT2D eigenvalue weighted by molar-refractivity contribution is -0.124. The maximum Gasteiger partial charge on any atom is 0.267 e. The number of aromatic amines is 1. The van der Waals surface area contributed by atoms with Gasteiger partial charge in [-0.3, -0.25) is 15.0 Å². The second-order valence-corrected chi connectivity index (χ2v) is 4.38. The van der Waals surface area contributed by atoms with E-state index in [1.165, 1.54) is 17.6 Å². The molecule has 1 amide bonds. The van der Waals surface area contributed by atoms with Gasteiger partial charge in [-0.05, 0) is 24.3 Å². The molecule has 0 aliphatic heterocycles. The van der Waals surface area contributed by atoms with Gasteiger partial charge in [0.05, 0.1) is 23.8 Å². The summed E-state index contributed by atoms with van der Waals surface area (Å²) in [6.45, 7) is 0.517. The third-order valence-corrected chi connectivity index (χ3v) is 2.85. The van der Waals surface area contributed by atoms with Crippen molar-refractivity contribution >= 4 is 23.0 Å². The molecular weight excluding hydrogens is 272 g/mol. The highest BCUT2D eigenvalue weighted by Gasteiger charge is 2.04. The molecule has 8 nitrogen and oxygen atoms in total. The largest absolute Gasteiger partial charge is 0.356 e. The molecule has 0 saturated heterocycles. The van der Waals surface area contributed by atoms with Crippen LogP contribution >= 0.6 is 0 Å². The summed E-state index contributed by atoms with van der Waals surface area (Å²) in [5.74, 6) is -0.619. The van der Waals surface area contributed by atoms with Crippen molar-refractivity contribution in [2.24, 2.45) is 0 Å². The number of hydroxylamine groups is 1. The third kappa shape index (κ3) is 2.95. The topological polar surface area (TPSA) is 109 Å². The van der Waals surface area contributed by atoms with E-state index in [0.29, 0.717) is 12.2 Å². The van der Waals surface area contributed by atoms with Gasteiger partial charge < -0.3 is 4.98 Å². The molecule has 0 aliphatic rings. The van der Waals surface area contributed by atoms with Crippen LogP contribution in [0.15, 0.2) is 36.7 Å². The zero-order valence-electron chi connectivity index (χ0n) is 10.9. The van der Waals surface area contributed by atoms with Crippen molar-refractivity contribution in [2.75, 3.05) is 0 Å². The van der Waals surface area contributed by atoms with Crippen LogP contribution in [0.2, 0.25) is 0 Å². The third-order valence-electron chi connectivity index (χ3n) is 2.85. The predicted octanol–water partition coefficient (Wildman–Crippen LogP) is 0.721. The number of fused-ring (bicyclic) bond motifs is 1. The highest BCUT2D eigenvalue weighted by atomic mass is 16.5. The van der Waals surface area contributed by atoms with Crippen LogP contribution in [0.25, 0.3) is 17.1 Å². The minimum Gasteiger partial charge on any atom is -0.356 e. The van der Waals surface area contributed by atoms with E-state index in [0.717, 1.165) is 16.7 Å². The number of nitrogens with one attached hydrogen (secondary N) is 2. The van der Waals surface area contributed by atoms with E-state index in [2.05, 4.69) is 20.3 Å². The first-order valence-corrected chi connectivity index (χ1v) is 6.19. The monoisotopic (exact) mass is 284 g/mol. The van der Waals surface area contributed by atoms with Crippen LogP contribution in [-0.2, 0) is 11.3 Å². The number of carbonyl (C=O) groups is 1. The number of amides is 1. The normalized spacial score (nSPS) is 11.3. The lowest BCUT2D eigenvalue weighted by Gasteiger charge is -1.95. The quantitative estimate of drug-likeness (QED) is 0.371. The van der Waals surface area contributed by atoms with E-state index in [1.54, 1.807) is 17.1 Å². The average Bonchev–Trinajstić information content (AvgIpc) is 3.10. The molecule has 3 aromatic rings. The molecule has 3 rings (SSSR count). The van der Waals surface area contributed by atoms with Crippen LogP contribution in [0.1, 0.15) is 11.4 Å². The summed E-state index contributed by atoms with van der Waals surface area (Å²) in [5.41, 5.74) is 4.84. The van der Waals surface area contributed by atoms with Crippen molar-refractivity contribution in [1.29, 1.82) is 0 Å².